The zero-order chi connectivity index (χ0) is 18.3. The average Bonchev–Trinajstić information content (AvgIpc) is 2.97. The van der Waals surface area contributed by atoms with E-state index in [1.54, 1.807) is 29.1 Å². The van der Waals surface area contributed by atoms with Crippen molar-refractivity contribution in [2.75, 3.05) is 0 Å². The van der Waals surface area contributed by atoms with Crippen LogP contribution in [0.2, 0.25) is 10.0 Å². The predicted octanol–water partition coefficient (Wildman–Crippen LogP) is 5.79. The molecule has 3 nitrogen and oxygen atoms in total. The Bertz CT molecular complexity index is 1150. The van der Waals surface area contributed by atoms with E-state index in [9.17, 15) is 4.79 Å². The molecule has 6 heteroatoms. The lowest BCUT2D eigenvalue weighted by atomic mass is 10.0. The minimum Gasteiger partial charge on any atom is -0.294 e. The summed E-state index contributed by atoms with van der Waals surface area (Å²) in [7, 11) is 0. The van der Waals surface area contributed by atoms with Crippen LogP contribution in [-0.4, -0.2) is 9.55 Å². The number of halogens is 2. The Balaban J connectivity index is 1.92. The van der Waals surface area contributed by atoms with E-state index in [1.807, 2.05) is 37.3 Å². The molecule has 0 bridgehead atoms. The first-order chi connectivity index (χ1) is 12.6. The monoisotopic (exact) mass is 400 g/mol. The topological polar surface area (TPSA) is 34.9 Å². The molecule has 0 radical (unpaired) electrons. The largest absolute Gasteiger partial charge is 0.294 e. The van der Waals surface area contributed by atoms with Gasteiger partial charge in [-0.3, -0.25) is 9.36 Å². The number of fused-ring (bicyclic) bond motifs is 1. The Morgan fingerprint density at radius 2 is 1.73 bits per heavy atom. The van der Waals surface area contributed by atoms with Crippen molar-refractivity contribution in [2.24, 2.45) is 0 Å². The number of aromatic nitrogens is 2. The lowest BCUT2D eigenvalue weighted by Crippen LogP contribution is -2.21. The zero-order valence-corrected chi connectivity index (χ0v) is 16.2. The third-order valence-electron chi connectivity index (χ3n) is 4.31. The molecule has 0 unspecified atom stereocenters. The number of nitrogens with zero attached hydrogens (tertiary/aromatic N) is 2. The highest BCUT2D eigenvalue weighted by Crippen LogP contribution is 2.35. The van der Waals surface area contributed by atoms with Gasteiger partial charge in [-0.15, -0.1) is 11.3 Å². The van der Waals surface area contributed by atoms with E-state index < -0.39 is 0 Å². The molecule has 0 spiro atoms. The zero-order valence-electron chi connectivity index (χ0n) is 13.9. The summed E-state index contributed by atoms with van der Waals surface area (Å²) in [6.45, 7) is 2.30. The van der Waals surface area contributed by atoms with Crippen molar-refractivity contribution in [3.63, 3.8) is 0 Å². The summed E-state index contributed by atoms with van der Waals surface area (Å²) in [5, 5.41) is 1.72. The first kappa shape index (κ1) is 17.3. The van der Waals surface area contributed by atoms with Gasteiger partial charge >= 0.3 is 0 Å². The number of rotatable bonds is 3. The second kappa shape index (κ2) is 6.88. The van der Waals surface area contributed by atoms with Crippen molar-refractivity contribution in [1.82, 2.24) is 9.55 Å². The fourth-order valence-electron chi connectivity index (χ4n) is 3.06. The Hall–Kier alpha value is -2.14. The van der Waals surface area contributed by atoms with E-state index in [0.717, 1.165) is 20.8 Å². The standard InChI is InChI=1S/C20H14Cl2N2OS/c1-12-17(13-6-3-2-4-7-13)18-19(26-12)23-11-24(20(18)25)10-14-15(21)8-5-9-16(14)22/h2-9,11H,10H2,1H3. The quantitative estimate of drug-likeness (QED) is 0.436. The highest BCUT2D eigenvalue weighted by Gasteiger charge is 2.17. The van der Waals surface area contributed by atoms with Crippen molar-refractivity contribution >= 4 is 44.8 Å². The molecule has 26 heavy (non-hydrogen) atoms. The fourth-order valence-corrected chi connectivity index (χ4v) is 4.58. The lowest BCUT2D eigenvalue weighted by molar-refractivity contribution is 0.750. The molecule has 0 amide bonds. The van der Waals surface area contributed by atoms with Gasteiger partial charge in [0.25, 0.3) is 5.56 Å². The van der Waals surface area contributed by atoms with Crippen LogP contribution >= 0.6 is 34.5 Å². The van der Waals surface area contributed by atoms with E-state index >= 15 is 0 Å². The fraction of sp³-hybridized carbons (Fsp3) is 0.100. The first-order valence-electron chi connectivity index (χ1n) is 8.03. The molecule has 0 saturated carbocycles. The van der Waals surface area contributed by atoms with Crippen LogP contribution in [0, 0.1) is 6.92 Å². The van der Waals surface area contributed by atoms with Crippen molar-refractivity contribution in [2.45, 2.75) is 13.5 Å². The molecule has 0 aliphatic rings. The lowest BCUT2D eigenvalue weighted by Gasteiger charge is -2.10. The predicted molar refractivity (Wildman–Crippen MR) is 110 cm³/mol. The van der Waals surface area contributed by atoms with Crippen LogP contribution in [0.25, 0.3) is 21.3 Å². The van der Waals surface area contributed by atoms with Crippen LogP contribution in [0.15, 0.2) is 59.7 Å². The Labute approximate surface area is 164 Å². The molecule has 2 aromatic heterocycles. The minimum atomic E-state index is -0.0887. The van der Waals surface area contributed by atoms with Crippen LogP contribution in [0.3, 0.4) is 0 Å². The highest BCUT2D eigenvalue weighted by atomic mass is 35.5. The van der Waals surface area contributed by atoms with Gasteiger partial charge in [-0.05, 0) is 24.6 Å². The second-order valence-corrected chi connectivity index (χ2v) is 7.97. The molecule has 0 aliphatic carbocycles. The Morgan fingerprint density at radius 3 is 2.42 bits per heavy atom. The summed E-state index contributed by atoms with van der Waals surface area (Å²) in [6.07, 6.45) is 1.56. The number of hydrogen-bond acceptors (Lipinski definition) is 3. The maximum absolute atomic E-state index is 13.2. The molecule has 2 heterocycles. The molecule has 4 rings (SSSR count). The van der Waals surface area contributed by atoms with Crippen molar-refractivity contribution in [1.29, 1.82) is 0 Å². The van der Waals surface area contributed by atoms with E-state index in [0.29, 0.717) is 21.0 Å². The molecule has 0 fully saturated rings. The molecule has 0 N–H and O–H groups in total. The smallest absolute Gasteiger partial charge is 0.263 e. The van der Waals surface area contributed by atoms with Gasteiger partial charge in [0.15, 0.2) is 0 Å². The van der Waals surface area contributed by atoms with Crippen LogP contribution in [0.5, 0.6) is 0 Å². The maximum Gasteiger partial charge on any atom is 0.263 e. The molecule has 0 atom stereocenters. The molecule has 4 aromatic rings. The number of benzene rings is 2. The van der Waals surface area contributed by atoms with Gasteiger partial charge in [0.2, 0.25) is 0 Å². The number of aryl methyl sites for hydroxylation is 1. The normalized spacial score (nSPS) is 11.2. The van der Waals surface area contributed by atoms with Gasteiger partial charge in [-0.2, -0.15) is 0 Å². The SMILES string of the molecule is Cc1sc2ncn(Cc3c(Cl)cccc3Cl)c(=O)c2c1-c1ccccc1. The van der Waals surface area contributed by atoms with Crippen molar-refractivity contribution in [3.05, 3.63) is 85.7 Å². The molecular weight excluding hydrogens is 387 g/mol. The molecule has 2 aromatic carbocycles. The van der Waals surface area contributed by atoms with Crippen LogP contribution in [0.4, 0.5) is 0 Å². The van der Waals surface area contributed by atoms with E-state index in [2.05, 4.69) is 4.98 Å². The van der Waals surface area contributed by atoms with E-state index in [4.69, 9.17) is 23.2 Å². The number of hydrogen-bond donors (Lipinski definition) is 0. The summed E-state index contributed by atoms with van der Waals surface area (Å²) in [5.41, 5.74) is 2.59. The summed E-state index contributed by atoms with van der Waals surface area (Å²) in [5.74, 6) is 0. The van der Waals surface area contributed by atoms with E-state index in [1.165, 1.54) is 11.3 Å². The van der Waals surface area contributed by atoms with Gasteiger partial charge < -0.3 is 0 Å². The summed E-state index contributed by atoms with van der Waals surface area (Å²) < 4.78 is 1.56. The van der Waals surface area contributed by atoms with Crippen LogP contribution in [-0.2, 0) is 6.54 Å². The number of thiophene rings is 1. The van der Waals surface area contributed by atoms with Gasteiger partial charge in [-0.1, -0.05) is 59.6 Å². The third-order valence-corrected chi connectivity index (χ3v) is 6.03. The summed E-state index contributed by atoms with van der Waals surface area (Å²) in [6, 6.07) is 15.2. The molecular formula is C20H14Cl2N2OS. The molecule has 130 valence electrons. The average molecular weight is 401 g/mol. The third kappa shape index (κ3) is 2.94. The van der Waals surface area contributed by atoms with Gasteiger partial charge in [-0.25, -0.2) is 4.98 Å². The Morgan fingerprint density at radius 1 is 1.04 bits per heavy atom. The minimum absolute atomic E-state index is 0.0887. The molecule has 0 aliphatic heterocycles. The van der Waals surface area contributed by atoms with Gasteiger partial charge in [0.05, 0.1) is 18.3 Å². The van der Waals surface area contributed by atoms with E-state index in [-0.39, 0.29) is 12.1 Å². The van der Waals surface area contributed by atoms with Crippen molar-refractivity contribution in [3.8, 4) is 11.1 Å². The van der Waals surface area contributed by atoms with Crippen molar-refractivity contribution < 1.29 is 0 Å². The van der Waals surface area contributed by atoms with Gasteiger partial charge in [0, 0.05) is 26.0 Å². The maximum atomic E-state index is 13.2. The van der Waals surface area contributed by atoms with Crippen LogP contribution < -0.4 is 5.56 Å². The second-order valence-electron chi connectivity index (χ2n) is 5.96. The summed E-state index contributed by atoms with van der Waals surface area (Å²) >= 11 is 14.1. The summed E-state index contributed by atoms with van der Waals surface area (Å²) in [4.78, 5) is 19.5. The molecule has 0 saturated heterocycles. The van der Waals surface area contributed by atoms with Gasteiger partial charge in [0.1, 0.15) is 4.83 Å². The first-order valence-corrected chi connectivity index (χ1v) is 9.60. The Kier molecular flexibility index (Phi) is 4.57. The highest BCUT2D eigenvalue weighted by molar-refractivity contribution is 7.19. The van der Waals surface area contributed by atoms with Crippen LogP contribution in [0.1, 0.15) is 10.4 Å².